The molecule has 0 unspecified atom stereocenters. The van der Waals surface area contributed by atoms with Crippen molar-refractivity contribution in [1.29, 1.82) is 0 Å². The summed E-state index contributed by atoms with van der Waals surface area (Å²) in [5.41, 5.74) is -0.0615. The van der Waals surface area contributed by atoms with Crippen LogP contribution in [0.2, 0.25) is 5.02 Å². The Balaban J connectivity index is 2.66. The highest BCUT2D eigenvalue weighted by atomic mass is 35.5. The van der Waals surface area contributed by atoms with Crippen LogP contribution < -0.4 is 0 Å². The Kier molecular flexibility index (Phi) is 2.99. The number of non-ortho nitro benzene ring substituents is 1. The zero-order chi connectivity index (χ0) is 12.6. The van der Waals surface area contributed by atoms with Crippen molar-refractivity contribution >= 4 is 44.7 Å². The molecule has 0 spiro atoms. The number of esters is 1. The molecule has 2 rings (SSSR count). The normalized spacial score (nSPS) is 10.5. The van der Waals surface area contributed by atoms with Crippen LogP contribution in [0.25, 0.3) is 10.1 Å². The van der Waals surface area contributed by atoms with Crippen LogP contribution in [0.5, 0.6) is 0 Å². The van der Waals surface area contributed by atoms with Crippen molar-refractivity contribution in [3.63, 3.8) is 0 Å². The second-order valence-corrected chi connectivity index (χ2v) is 4.60. The summed E-state index contributed by atoms with van der Waals surface area (Å²) in [6, 6.07) is 4.29. The van der Waals surface area contributed by atoms with Crippen LogP contribution in [0.4, 0.5) is 5.69 Å². The van der Waals surface area contributed by atoms with Gasteiger partial charge in [-0.25, -0.2) is 4.79 Å². The highest BCUT2D eigenvalue weighted by molar-refractivity contribution is 7.21. The van der Waals surface area contributed by atoms with E-state index >= 15 is 0 Å². The summed E-state index contributed by atoms with van der Waals surface area (Å²) in [6.07, 6.45) is 0. The van der Waals surface area contributed by atoms with E-state index in [1.807, 2.05) is 0 Å². The van der Waals surface area contributed by atoms with E-state index in [1.54, 1.807) is 6.07 Å². The average molecular weight is 272 g/mol. The topological polar surface area (TPSA) is 69.4 Å². The van der Waals surface area contributed by atoms with E-state index in [9.17, 15) is 14.9 Å². The molecule has 7 heteroatoms. The minimum atomic E-state index is -0.543. The third kappa shape index (κ3) is 1.96. The number of hydrogen-bond acceptors (Lipinski definition) is 5. The highest BCUT2D eigenvalue weighted by Crippen LogP contribution is 2.37. The summed E-state index contributed by atoms with van der Waals surface area (Å²) in [6.45, 7) is 0. The van der Waals surface area contributed by atoms with E-state index in [1.165, 1.54) is 19.2 Å². The van der Waals surface area contributed by atoms with Gasteiger partial charge < -0.3 is 4.74 Å². The monoisotopic (exact) mass is 271 g/mol. The van der Waals surface area contributed by atoms with Gasteiger partial charge in [-0.05, 0) is 6.07 Å². The maximum absolute atomic E-state index is 11.4. The van der Waals surface area contributed by atoms with Gasteiger partial charge in [0.15, 0.2) is 0 Å². The summed E-state index contributed by atoms with van der Waals surface area (Å²) < 4.78 is 5.29. The van der Waals surface area contributed by atoms with Crippen molar-refractivity contribution in [3.8, 4) is 0 Å². The number of benzene rings is 1. The van der Waals surface area contributed by atoms with Crippen LogP contribution in [-0.4, -0.2) is 18.0 Å². The fourth-order valence-electron chi connectivity index (χ4n) is 1.39. The summed E-state index contributed by atoms with van der Waals surface area (Å²) in [5, 5.41) is 11.3. The van der Waals surface area contributed by atoms with E-state index in [0.717, 1.165) is 11.3 Å². The number of nitro groups is 1. The predicted octanol–water partition coefficient (Wildman–Crippen LogP) is 3.25. The molecule has 1 aromatic heterocycles. The molecular formula is C10H6ClNO4S. The Labute approximate surface area is 105 Å². The van der Waals surface area contributed by atoms with Crippen molar-refractivity contribution in [2.24, 2.45) is 0 Å². The van der Waals surface area contributed by atoms with Gasteiger partial charge in [0.2, 0.25) is 0 Å². The maximum Gasteiger partial charge on any atom is 0.349 e. The van der Waals surface area contributed by atoms with Gasteiger partial charge in [0.05, 0.1) is 17.1 Å². The third-order valence-corrected chi connectivity index (χ3v) is 3.85. The maximum atomic E-state index is 11.4. The van der Waals surface area contributed by atoms with Gasteiger partial charge in [0.1, 0.15) is 4.88 Å². The van der Waals surface area contributed by atoms with Crippen LogP contribution in [-0.2, 0) is 4.74 Å². The average Bonchev–Trinajstić information content (AvgIpc) is 2.65. The number of carbonyl (C=O) groups is 1. The van der Waals surface area contributed by atoms with Gasteiger partial charge in [-0.1, -0.05) is 11.6 Å². The molecule has 0 saturated carbocycles. The van der Waals surface area contributed by atoms with Crippen molar-refractivity contribution < 1.29 is 14.5 Å². The minimum absolute atomic E-state index is 0.0615. The first-order valence-corrected chi connectivity index (χ1v) is 5.68. The number of halogens is 1. The molecule has 2 aromatic rings. The number of nitrogens with zero attached hydrogens (tertiary/aromatic N) is 1. The number of rotatable bonds is 2. The Hall–Kier alpha value is -1.66. The third-order valence-electron chi connectivity index (χ3n) is 2.19. The fourth-order valence-corrected chi connectivity index (χ4v) is 2.79. The number of carbonyl (C=O) groups excluding carboxylic acids is 1. The van der Waals surface area contributed by atoms with Gasteiger partial charge in [-0.15, -0.1) is 11.3 Å². The van der Waals surface area contributed by atoms with E-state index in [-0.39, 0.29) is 15.6 Å². The number of ether oxygens (including phenoxy) is 1. The quantitative estimate of drug-likeness (QED) is 0.478. The van der Waals surface area contributed by atoms with Crippen LogP contribution in [0.1, 0.15) is 9.67 Å². The van der Waals surface area contributed by atoms with Crippen LogP contribution >= 0.6 is 22.9 Å². The molecule has 1 heterocycles. The Morgan fingerprint density at radius 3 is 2.82 bits per heavy atom. The molecular weight excluding hydrogens is 266 g/mol. The van der Waals surface area contributed by atoms with Gasteiger partial charge >= 0.3 is 5.97 Å². The molecule has 0 saturated heterocycles. The van der Waals surface area contributed by atoms with E-state index in [2.05, 4.69) is 4.74 Å². The smallest absolute Gasteiger partial charge is 0.349 e. The number of nitro benzene ring substituents is 1. The lowest BCUT2D eigenvalue weighted by atomic mass is 10.2. The van der Waals surface area contributed by atoms with Gasteiger partial charge in [-0.3, -0.25) is 10.1 Å². The van der Waals surface area contributed by atoms with Gasteiger partial charge in [0.25, 0.3) is 5.69 Å². The van der Waals surface area contributed by atoms with Crippen LogP contribution in [0.3, 0.4) is 0 Å². The van der Waals surface area contributed by atoms with E-state index in [4.69, 9.17) is 11.6 Å². The first kappa shape index (κ1) is 11.8. The molecule has 0 aliphatic rings. The molecule has 0 aliphatic carbocycles. The lowest BCUT2D eigenvalue weighted by Crippen LogP contribution is -1.97. The van der Waals surface area contributed by atoms with E-state index in [0.29, 0.717) is 10.1 Å². The molecule has 88 valence electrons. The molecule has 0 aliphatic heterocycles. The number of fused-ring (bicyclic) bond motifs is 1. The van der Waals surface area contributed by atoms with Gasteiger partial charge in [-0.2, -0.15) is 0 Å². The molecule has 0 radical (unpaired) electrons. The summed E-state index contributed by atoms with van der Waals surface area (Å²) in [4.78, 5) is 21.8. The minimum Gasteiger partial charge on any atom is -0.465 e. The second kappa shape index (κ2) is 4.31. The van der Waals surface area contributed by atoms with Gasteiger partial charge in [0, 0.05) is 22.2 Å². The van der Waals surface area contributed by atoms with Crippen LogP contribution in [0, 0.1) is 10.1 Å². The fraction of sp³-hybridized carbons (Fsp3) is 0.100. The molecule has 5 nitrogen and oxygen atoms in total. The first-order chi connectivity index (χ1) is 8.04. The SMILES string of the molecule is COC(=O)c1sc2ccc([N+](=O)[O-])cc2c1Cl. The molecule has 0 atom stereocenters. The molecule has 1 aromatic carbocycles. The molecule has 0 N–H and O–H groups in total. The van der Waals surface area contributed by atoms with Crippen molar-refractivity contribution in [3.05, 3.63) is 38.2 Å². The number of thiophene rings is 1. The summed E-state index contributed by atoms with van der Waals surface area (Å²) in [5.74, 6) is -0.543. The Morgan fingerprint density at radius 1 is 1.53 bits per heavy atom. The van der Waals surface area contributed by atoms with E-state index < -0.39 is 10.9 Å². The zero-order valence-electron chi connectivity index (χ0n) is 8.60. The van der Waals surface area contributed by atoms with Crippen molar-refractivity contribution in [2.75, 3.05) is 7.11 Å². The lowest BCUT2D eigenvalue weighted by Gasteiger charge is -1.94. The Bertz CT molecular complexity index is 622. The summed E-state index contributed by atoms with van der Waals surface area (Å²) >= 11 is 7.14. The molecule has 17 heavy (non-hydrogen) atoms. The number of hydrogen-bond donors (Lipinski definition) is 0. The lowest BCUT2D eigenvalue weighted by molar-refractivity contribution is -0.384. The van der Waals surface area contributed by atoms with Crippen molar-refractivity contribution in [1.82, 2.24) is 0 Å². The van der Waals surface area contributed by atoms with Crippen LogP contribution in [0.15, 0.2) is 18.2 Å². The second-order valence-electron chi connectivity index (χ2n) is 3.17. The highest BCUT2D eigenvalue weighted by Gasteiger charge is 2.19. The summed E-state index contributed by atoms with van der Waals surface area (Å²) in [7, 11) is 1.26. The molecule has 0 amide bonds. The Morgan fingerprint density at radius 2 is 2.24 bits per heavy atom. The first-order valence-electron chi connectivity index (χ1n) is 4.49. The molecule has 0 bridgehead atoms. The molecule has 0 fully saturated rings. The largest absolute Gasteiger partial charge is 0.465 e. The van der Waals surface area contributed by atoms with Crippen molar-refractivity contribution in [2.45, 2.75) is 0 Å². The predicted molar refractivity (Wildman–Crippen MR) is 64.8 cm³/mol. The standard InChI is InChI=1S/C10H6ClNO4S/c1-16-10(13)9-8(11)6-4-5(12(14)15)2-3-7(6)17-9/h2-4H,1H3. The zero-order valence-corrected chi connectivity index (χ0v) is 10.2. The number of methoxy groups -OCH3 is 1.